The maximum Gasteiger partial charge on any atom is 0.219 e. The number of hydrogen-bond acceptors (Lipinski definition) is 5. The van der Waals surface area contributed by atoms with E-state index in [1.807, 2.05) is 55.5 Å². The summed E-state index contributed by atoms with van der Waals surface area (Å²) in [5.41, 5.74) is 2.87. The molecule has 0 aromatic heterocycles. The van der Waals surface area contributed by atoms with E-state index in [1.54, 1.807) is 19.2 Å². The smallest absolute Gasteiger partial charge is 0.219 e. The first-order valence-electron chi connectivity index (χ1n) is 8.44. The molecule has 1 N–H and O–H groups in total. The second kappa shape index (κ2) is 7.75. The van der Waals surface area contributed by atoms with E-state index in [-0.39, 0.29) is 13.2 Å². The van der Waals surface area contributed by atoms with Crippen LogP contribution in [0.2, 0.25) is 0 Å². The number of benzene rings is 2. The van der Waals surface area contributed by atoms with E-state index < -0.39 is 21.3 Å². The Hall–Kier alpha value is -1.93. The third-order valence-corrected chi connectivity index (χ3v) is 6.32. The average molecular weight is 376 g/mol. The van der Waals surface area contributed by atoms with Crippen LogP contribution in [0.25, 0.3) is 0 Å². The number of sulfonamides is 1. The van der Waals surface area contributed by atoms with Crippen molar-refractivity contribution in [3.8, 4) is 5.75 Å². The molecule has 0 radical (unpaired) electrons. The van der Waals surface area contributed by atoms with Crippen LogP contribution >= 0.6 is 0 Å². The van der Waals surface area contributed by atoms with Crippen LogP contribution in [-0.2, 0) is 21.4 Å². The zero-order valence-corrected chi connectivity index (χ0v) is 16.0. The molecule has 6 nitrogen and oxygen atoms in total. The first-order valence-corrected chi connectivity index (χ1v) is 9.99. The molecule has 7 heteroatoms. The van der Waals surface area contributed by atoms with Crippen LogP contribution in [0.4, 0.5) is 0 Å². The van der Waals surface area contributed by atoms with Crippen molar-refractivity contribution in [2.45, 2.75) is 24.8 Å². The number of rotatable bonds is 6. The third-order valence-electron chi connectivity index (χ3n) is 4.58. The van der Waals surface area contributed by atoms with Crippen molar-refractivity contribution >= 4 is 10.0 Å². The van der Waals surface area contributed by atoms with E-state index in [0.717, 1.165) is 16.7 Å². The molecule has 0 spiro atoms. The second-order valence-electron chi connectivity index (χ2n) is 6.46. The van der Waals surface area contributed by atoms with Crippen molar-refractivity contribution in [2.75, 3.05) is 20.8 Å². The van der Waals surface area contributed by atoms with Gasteiger partial charge in [-0.2, -0.15) is 5.06 Å². The SMILES string of the molecule is COc1cccc([C@H]2[C@H](S(=O)(=O)NCc3cccc(C)c3)CON2C)c1. The van der Waals surface area contributed by atoms with Crippen molar-refractivity contribution in [3.05, 3.63) is 65.2 Å². The molecule has 0 bridgehead atoms. The lowest BCUT2D eigenvalue weighted by Gasteiger charge is -2.23. The second-order valence-corrected chi connectivity index (χ2v) is 8.44. The molecule has 0 saturated carbocycles. The van der Waals surface area contributed by atoms with Crippen molar-refractivity contribution < 1.29 is 18.0 Å². The lowest BCUT2D eigenvalue weighted by molar-refractivity contribution is -0.110. The van der Waals surface area contributed by atoms with E-state index >= 15 is 0 Å². The Bertz CT molecular complexity index is 869. The van der Waals surface area contributed by atoms with Gasteiger partial charge in [-0.1, -0.05) is 42.0 Å². The summed E-state index contributed by atoms with van der Waals surface area (Å²) in [6.07, 6.45) is 0. The van der Waals surface area contributed by atoms with Gasteiger partial charge in [-0.15, -0.1) is 0 Å². The number of hydroxylamine groups is 2. The summed E-state index contributed by atoms with van der Waals surface area (Å²) in [5.74, 6) is 0.687. The molecule has 1 aliphatic heterocycles. The summed E-state index contributed by atoms with van der Waals surface area (Å²) in [6.45, 7) is 2.35. The van der Waals surface area contributed by atoms with Gasteiger partial charge < -0.3 is 4.74 Å². The number of nitrogens with one attached hydrogen (secondary N) is 1. The van der Waals surface area contributed by atoms with Gasteiger partial charge in [0.25, 0.3) is 0 Å². The Morgan fingerprint density at radius 2 is 2.00 bits per heavy atom. The van der Waals surface area contributed by atoms with Gasteiger partial charge in [0.15, 0.2) is 0 Å². The maximum absolute atomic E-state index is 12.9. The number of ether oxygens (including phenoxy) is 1. The van der Waals surface area contributed by atoms with Crippen LogP contribution in [-0.4, -0.2) is 39.5 Å². The van der Waals surface area contributed by atoms with E-state index in [2.05, 4.69) is 4.72 Å². The van der Waals surface area contributed by atoms with Gasteiger partial charge in [0.05, 0.1) is 19.8 Å². The molecule has 2 aromatic rings. The van der Waals surface area contributed by atoms with Crippen LogP contribution < -0.4 is 9.46 Å². The monoisotopic (exact) mass is 376 g/mol. The largest absolute Gasteiger partial charge is 0.497 e. The molecule has 0 aliphatic carbocycles. The maximum atomic E-state index is 12.9. The summed E-state index contributed by atoms with van der Waals surface area (Å²) >= 11 is 0. The highest BCUT2D eigenvalue weighted by Gasteiger charge is 2.43. The first kappa shape index (κ1) is 18.8. The number of nitrogens with zero attached hydrogens (tertiary/aromatic N) is 1. The number of hydrogen-bond donors (Lipinski definition) is 1. The third kappa shape index (κ3) is 4.07. The molecule has 0 unspecified atom stereocenters. The Morgan fingerprint density at radius 1 is 1.23 bits per heavy atom. The van der Waals surface area contributed by atoms with Crippen LogP contribution in [0.5, 0.6) is 5.75 Å². The molecular formula is C19H24N2O4S. The quantitative estimate of drug-likeness (QED) is 0.839. The standard InChI is InChI=1S/C19H24N2O4S/c1-14-6-4-7-15(10-14)12-20-26(22,23)18-13-25-21(2)19(18)16-8-5-9-17(11-16)24-3/h4-11,18-20H,12-13H2,1-3H3/t18-,19+/m1/s1. The van der Waals surface area contributed by atoms with E-state index in [0.29, 0.717) is 5.75 Å². The highest BCUT2D eigenvalue weighted by molar-refractivity contribution is 7.90. The zero-order chi connectivity index (χ0) is 18.7. The highest BCUT2D eigenvalue weighted by Crippen LogP contribution is 2.34. The molecule has 2 aromatic carbocycles. The fourth-order valence-corrected chi connectivity index (χ4v) is 4.71. The fourth-order valence-electron chi connectivity index (χ4n) is 3.22. The predicted octanol–water partition coefficient (Wildman–Crippen LogP) is 2.41. The summed E-state index contributed by atoms with van der Waals surface area (Å²) in [7, 11) is -0.239. The molecule has 1 heterocycles. The number of methoxy groups -OCH3 is 1. The lowest BCUT2D eigenvalue weighted by Crippen LogP contribution is -2.39. The Morgan fingerprint density at radius 3 is 2.73 bits per heavy atom. The van der Waals surface area contributed by atoms with Crippen molar-refractivity contribution in [1.82, 2.24) is 9.79 Å². The summed E-state index contributed by atoms with van der Waals surface area (Å²) in [4.78, 5) is 5.54. The van der Waals surface area contributed by atoms with E-state index in [4.69, 9.17) is 9.57 Å². The van der Waals surface area contributed by atoms with Crippen LogP contribution in [0.1, 0.15) is 22.7 Å². The average Bonchev–Trinajstić information content (AvgIpc) is 3.03. The van der Waals surface area contributed by atoms with Gasteiger partial charge in [0.2, 0.25) is 10.0 Å². The van der Waals surface area contributed by atoms with Crippen molar-refractivity contribution in [3.63, 3.8) is 0 Å². The molecule has 140 valence electrons. The Kier molecular flexibility index (Phi) is 5.62. The minimum atomic E-state index is -3.58. The minimum Gasteiger partial charge on any atom is -0.497 e. The normalized spacial score (nSPS) is 21.0. The van der Waals surface area contributed by atoms with Crippen molar-refractivity contribution in [2.24, 2.45) is 0 Å². The first-order chi connectivity index (χ1) is 12.4. The van der Waals surface area contributed by atoms with Gasteiger partial charge in [-0.25, -0.2) is 13.1 Å². The van der Waals surface area contributed by atoms with E-state index in [1.165, 1.54) is 0 Å². The number of aryl methyl sites for hydroxylation is 1. The Labute approximate surface area is 154 Å². The van der Waals surface area contributed by atoms with Gasteiger partial charge in [0.1, 0.15) is 11.0 Å². The lowest BCUT2D eigenvalue weighted by atomic mass is 10.0. The topological polar surface area (TPSA) is 67.9 Å². The molecule has 1 saturated heterocycles. The molecule has 1 aliphatic rings. The van der Waals surface area contributed by atoms with Crippen LogP contribution in [0, 0.1) is 6.92 Å². The Balaban J connectivity index is 1.80. The molecule has 0 amide bonds. The molecular weight excluding hydrogens is 352 g/mol. The molecule has 2 atom stereocenters. The fraction of sp³-hybridized carbons (Fsp3) is 0.368. The zero-order valence-electron chi connectivity index (χ0n) is 15.2. The molecule has 3 rings (SSSR count). The van der Waals surface area contributed by atoms with Crippen LogP contribution in [0.15, 0.2) is 48.5 Å². The summed E-state index contributed by atoms with van der Waals surface area (Å²) in [6, 6.07) is 14.8. The van der Waals surface area contributed by atoms with E-state index in [9.17, 15) is 8.42 Å². The summed E-state index contributed by atoms with van der Waals surface area (Å²) in [5, 5.41) is 0.898. The van der Waals surface area contributed by atoms with Crippen LogP contribution in [0.3, 0.4) is 0 Å². The minimum absolute atomic E-state index is 0.113. The van der Waals surface area contributed by atoms with Gasteiger partial charge in [-0.3, -0.25) is 4.84 Å². The van der Waals surface area contributed by atoms with Gasteiger partial charge in [-0.05, 0) is 30.2 Å². The van der Waals surface area contributed by atoms with Gasteiger partial charge >= 0.3 is 0 Å². The highest BCUT2D eigenvalue weighted by atomic mass is 32.2. The molecule has 26 heavy (non-hydrogen) atoms. The summed E-state index contributed by atoms with van der Waals surface area (Å²) < 4.78 is 33.8. The molecule has 1 fully saturated rings. The van der Waals surface area contributed by atoms with Gasteiger partial charge in [0, 0.05) is 13.6 Å². The predicted molar refractivity (Wildman–Crippen MR) is 100 cm³/mol. The van der Waals surface area contributed by atoms with Crippen molar-refractivity contribution in [1.29, 1.82) is 0 Å².